The average Bonchev–Trinajstić information content (AvgIpc) is 2.67. The number of halogens is 1. The minimum atomic E-state index is -0.324. The van der Waals surface area contributed by atoms with Crippen molar-refractivity contribution >= 4 is 23.3 Å². The van der Waals surface area contributed by atoms with Gasteiger partial charge >= 0.3 is 0 Å². The highest BCUT2D eigenvalue weighted by atomic mass is 35.5. The number of nitrogens with one attached hydrogen (secondary N) is 2. The molecule has 1 saturated carbocycles. The molecule has 0 radical (unpaired) electrons. The minimum Gasteiger partial charge on any atom is -0.347 e. The fourth-order valence-electron chi connectivity index (χ4n) is 4.93. The second-order valence-electron chi connectivity index (χ2n) is 8.07. The summed E-state index contributed by atoms with van der Waals surface area (Å²) in [6.07, 6.45) is 9.71. The monoisotopic (exact) mass is 381 g/mol. The first-order valence-corrected chi connectivity index (χ1v) is 10.5. The Labute approximate surface area is 164 Å². The predicted molar refractivity (Wildman–Crippen MR) is 108 cm³/mol. The van der Waals surface area contributed by atoms with Crippen LogP contribution in [0.4, 0.5) is 5.82 Å². The molecule has 1 aromatic heterocycles. The molecule has 27 heavy (non-hydrogen) atoms. The van der Waals surface area contributed by atoms with Gasteiger partial charge in [0, 0.05) is 16.3 Å². The Morgan fingerprint density at radius 2 is 1.63 bits per heavy atom. The first-order chi connectivity index (χ1) is 13.2. The van der Waals surface area contributed by atoms with Gasteiger partial charge in [-0.3, -0.25) is 4.79 Å². The summed E-state index contributed by atoms with van der Waals surface area (Å²) in [7, 11) is 0. The lowest BCUT2D eigenvalue weighted by Gasteiger charge is -2.43. The number of nitrogens with zero attached hydrogens (tertiary/aromatic N) is 1. The van der Waals surface area contributed by atoms with Gasteiger partial charge in [0.15, 0.2) is 0 Å². The second kappa shape index (κ2) is 6.52. The fourth-order valence-corrected chi connectivity index (χ4v) is 5.06. The molecule has 1 amide bonds. The van der Waals surface area contributed by atoms with Crippen LogP contribution in [0.1, 0.15) is 66.6 Å². The summed E-state index contributed by atoms with van der Waals surface area (Å²) in [6, 6.07) is 7.83. The number of carbonyl (C=O) groups excluding carboxylic acids is 1. The van der Waals surface area contributed by atoms with Crippen LogP contribution in [-0.4, -0.2) is 16.6 Å². The molecule has 1 aromatic carbocycles. The Morgan fingerprint density at radius 1 is 0.889 bits per heavy atom. The van der Waals surface area contributed by atoms with Crippen LogP contribution >= 0.6 is 11.6 Å². The van der Waals surface area contributed by atoms with Crippen LogP contribution in [0.3, 0.4) is 0 Å². The van der Waals surface area contributed by atoms with Gasteiger partial charge in [-0.05, 0) is 74.6 Å². The van der Waals surface area contributed by atoms with Gasteiger partial charge in [0.2, 0.25) is 0 Å². The first-order valence-electron chi connectivity index (χ1n) is 10.1. The Kier molecular flexibility index (Phi) is 4.12. The van der Waals surface area contributed by atoms with Crippen LogP contribution in [0.25, 0.3) is 11.1 Å². The van der Waals surface area contributed by atoms with Crippen LogP contribution in [-0.2, 0) is 12.8 Å². The third-order valence-electron chi connectivity index (χ3n) is 6.25. The highest BCUT2D eigenvalue weighted by Crippen LogP contribution is 2.41. The summed E-state index contributed by atoms with van der Waals surface area (Å²) in [5.41, 5.74) is 4.86. The summed E-state index contributed by atoms with van der Waals surface area (Å²) in [4.78, 5) is 18.2. The number of fused-ring (bicyclic) bond motifs is 2. The van der Waals surface area contributed by atoms with E-state index in [9.17, 15) is 4.79 Å². The van der Waals surface area contributed by atoms with E-state index in [0.29, 0.717) is 10.6 Å². The van der Waals surface area contributed by atoms with Crippen molar-refractivity contribution in [3.63, 3.8) is 0 Å². The lowest BCUT2D eigenvalue weighted by atomic mass is 9.83. The summed E-state index contributed by atoms with van der Waals surface area (Å²) < 4.78 is 0. The largest absolute Gasteiger partial charge is 0.347 e. The molecule has 140 valence electrons. The Hall–Kier alpha value is -2.07. The molecule has 0 saturated heterocycles. The minimum absolute atomic E-state index is 0.0106. The zero-order valence-corrected chi connectivity index (χ0v) is 16.2. The van der Waals surface area contributed by atoms with E-state index >= 15 is 0 Å². The van der Waals surface area contributed by atoms with Gasteiger partial charge < -0.3 is 10.6 Å². The fraction of sp³-hybridized carbons (Fsp3) is 0.455. The predicted octanol–water partition coefficient (Wildman–Crippen LogP) is 5.10. The lowest BCUT2D eigenvalue weighted by molar-refractivity contribution is 0.0875. The van der Waals surface area contributed by atoms with Gasteiger partial charge in [-0.15, -0.1) is 0 Å². The molecule has 0 unspecified atom stereocenters. The van der Waals surface area contributed by atoms with Gasteiger partial charge in [-0.1, -0.05) is 30.2 Å². The van der Waals surface area contributed by atoms with Gasteiger partial charge in [0.1, 0.15) is 11.5 Å². The molecule has 5 rings (SSSR count). The number of benzene rings is 1. The first kappa shape index (κ1) is 17.1. The summed E-state index contributed by atoms with van der Waals surface area (Å²) in [6.45, 7) is 0. The maximum Gasteiger partial charge on any atom is 0.257 e. The van der Waals surface area contributed by atoms with E-state index in [1.54, 1.807) is 0 Å². The van der Waals surface area contributed by atoms with Crippen LogP contribution in [0.2, 0.25) is 5.02 Å². The molecular formula is C22H24ClN3O. The van der Waals surface area contributed by atoms with Crippen molar-refractivity contribution in [1.29, 1.82) is 0 Å². The van der Waals surface area contributed by atoms with Crippen LogP contribution in [0, 0.1) is 0 Å². The summed E-state index contributed by atoms with van der Waals surface area (Å²) >= 11 is 6.11. The summed E-state index contributed by atoms with van der Waals surface area (Å²) in [5, 5.41) is 7.65. The molecule has 1 fully saturated rings. The maximum atomic E-state index is 13.3. The zero-order valence-electron chi connectivity index (χ0n) is 15.4. The standard InChI is InChI=1S/C22H24ClN3O/c23-15-10-8-14(9-11-15)18-16-6-2-3-7-17(16)24-20-19(18)21(27)26-22(25-20)12-4-1-5-13-22/h8-11H,1-7,12-13H2,(H,24,25)(H,26,27). The van der Waals surface area contributed by atoms with Crippen molar-refractivity contribution in [2.45, 2.75) is 63.5 Å². The van der Waals surface area contributed by atoms with E-state index in [2.05, 4.69) is 10.6 Å². The number of pyridine rings is 1. The lowest BCUT2D eigenvalue weighted by Crippen LogP contribution is -2.59. The SMILES string of the molecule is O=C1NC2(CCCCC2)Nc2nc3c(c(-c4ccc(Cl)cc4)c21)CCCC3. The Morgan fingerprint density at radius 3 is 2.41 bits per heavy atom. The molecule has 1 spiro atoms. The van der Waals surface area contributed by atoms with Crippen LogP contribution in [0.15, 0.2) is 24.3 Å². The number of anilines is 1. The molecule has 0 atom stereocenters. The second-order valence-corrected chi connectivity index (χ2v) is 8.51. The maximum absolute atomic E-state index is 13.3. The number of aryl methyl sites for hydroxylation is 1. The number of rotatable bonds is 1. The number of amides is 1. The molecule has 2 N–H and O–H groups in total. The van der Waals surface area contributed by atoms with Crippen molar-refractivity contribution in [1.82, 2.24) is 10.3 Å². The smallest absolute Gasteiger partial charge is 0.257 e. The van der Waals surface area contributed by atoms with E-state index in [4.69, 9.17) is 16.6 Å². The number of aromatic nitrogens is 1. The molecule has 2 heterocycles. The van der Waals surface area contributed by atoms with Crippen molar-refractivity contribution < 1.29 is 4.79 Å². The molecule has 1 aliphatic heterocycles. The molecule has 0 bridgehead atoms. The van der Waals surface area contributed by atoms with Gasteiger partial charge in [0.05, 0.1) is 5.56 Å². The van der Waals surface area contributed by atoms with E-state index in [1.165, 1.54) is 12.0 Å². The average molecular weight is 382 g/mol. The van der Waals surface area contributed by atoms with E-state index in [-0.39, 0.29) is 11.6 Å². The van der Waals surface area contributed by atoms with Crippen LogP contribution in [0.5, 0.6) is 0 Å². The van der Waals surface area contributed by atoms with E-state index in [1.807, 2.05) is 24.3 Å². The Balaban J connectivity index is 1.70. The zero-order chi connectivity index (χ0) is 18.4. The molecular weight excluding hydrogens is 358 g/mol. The number of hydrogen-bond acceptors (Lipinski definition) is 3. The number of carbonyl (C=O) groups is 1. The van der Waals surface area contributed by atoms with Gasteiger partial charge in [-0.25, -0.2) is 4.98 Å². The molecule has 2 aliphatic carbocycles. The van der Waals surface area contributed by atoms with Crippen molar-refractivity contribution in [2.24, 2.45) is 0 Å². The Bertz CT molecular complexity index is 901. The quantitative estimate of drug-likeness (QED) is 0.722. The van der Waals surface area contributed by atoms with Crippen molar-refractivity contribution in [2.75, 3.05) is 5.32 Å². The van der Waals surface area contributed by atoms with Crippen LogP contribution < -0.4 is 10.6 Å². The molecule has 3 aliphatic rings. The molecule has 4 nitrogen and oxygen atoms in total. The number of hydrogen-bond donors (Lipinski definition) is 2. The molecule has 5 heteroatoms. The van der Waals surface area contributed by atoms with Gasteiger partial charge in [-0.2, -0.15) is 0 Å². The summed E-state index contributed by atoms with van der Waals surface area (Å²) in [5.74, 6) is 0.780. The third kappa shape index (κ3) is 2.91. The van der Waals surface area contributed by atoms with E-state index < -0.39 is 0 Å². The highest BCUT2D eigenvalue weighted by molar-refractivity contribution is 6.30. The van der Waals surface area contributed by atoms with E-state index in [0.717, 1.165) is 74.0 Å². The molecule has 2 aromatic rings. The van der Waals surface area contributed by atoms with Crippen molar-refractivity contribution in [3.8, 4) is 11.1 Å². The topological polar surface area (TPSA) is 54.0 Å². The van der Waals surface area contributed by atoms with Gasteiger partial charge in [0.25, 0.3) is 5.91 Å². The normalized spacial score (nSPS) is 20.4. The van der Waals surface area contributed by atoms with Crippen molar-refractivity contribution in [3.05, 3.63) is 46.1 Å². The highest BCUT2D eigenvalue weighted by Gasteiger charge is 2.41. The third-order valence-corrected chi connectivity index (χ3v) is 6.50.